The lowest BCUT2D eigenvalue weighted by atomic mass is 9.83. The highest BCUT2D eigenvalue weighted by Gasteiger charge is 2.35. The predicted molar refractivity (Wildman–Crippen MR) is 62.1 cm³/mol. The van der Waals surface area contributed by atoms with Crippen LogP contribution in [-0.2, 0) is 9.84 Å². The molecule has 0 aromatic rings. The number of hydrogen-bond donors (Lipinski definition) is 0. The van der Waals surface area contributed by atoms with E-state index in [9.17, 15) is 8.42 Å². The molecule has 0 aliphatic heterocycles. The summed E-state index contributed by atoms with van der Waals surface area (Å²) in [6.07, 6.45) is 5.97. The topological polar surface area (TPSA) is 34.1 Å². The molecular weight excluding hydrogens is 196 g/mol. The zero-order valence-electron chi connectivity index (χ0n) is 10.1. The number of rotatable bonds is 4. The molecule has 0 saturated heterocycles. The van der Waals surface area contributed by atoms with Crippen LogP contribution in [-0.4, -0.2) is 19.4 Å². The fourth-order valence-electron chi connectivity index (χ4n) is 1.74. The van der Waals surface area contributed by atoms with Crippen molar-refractivity contribution < 1.29 is 8.42 Å². The van der Waals surface area contributed by atoms with E-state index < -0.39 is 14.6 Å². The Morgan fingerprint density at radius 3 is 1.86 bits per heavy atom. The second-order valence-corrected chi connectivity index (χ2v) is 7.85. The SMILES string of the molecule is CC=CC(C)(C)CC(C)(C)S(C)(=O)=O. The van der Waals surface area contributed by atoms with E-state index >= 15 is 0 Å². The molecule has 0 atom stereocenters. The number of hydrogen-bond acceptors (Lipinski definition) is 2. The van der Waals surface area contributed by atoms with Gasteiger partial charge >= 0.3 is 0 Å². The van der Waals surface area contributed by atoms with Crippen LogP contribution in [0, 0.1) is 5.41 Å². The first-order valence-corrected chi connectivity index (χ1v) is 6.74. The van der Waals surface area contributed by atoms with Gasteiger partial charge in [-0.3, -0.25) is 0 Å². The third-order valence-corrected chi connectivity index (χ3v) is 4.65. The first-order chi connectivity index (χ1) is 6.02. The molecule has 0 N–H and O–H groups in total. The molecule has 2 nitrogen and oxygen atoms in total. The van der Waals surface area contributed by atoms with Crippen LogP contribution in [0.1, 0.15) is 41.0 Å². The maximum absolute atomic E-state index is 11.5. The van der Waals surface area contributed by atoms with Gasteiger partial charge in [0.2, 0.25) is 0 Å². The van der Waals surface area contributed by atoms with Crippen molar-refractivity contribution in [1.29, 1.82) is 0 Å². The lowest BCUT2D eigenvalue weighted by Gasteiger charge is -2.31. The van der Waals surface area contributed by atoms with E-state index in [1.807, 2.05) is 13.0 Å². The lowest BCUT2D eigenvalue weighted by Crippen LogP contribution is -2.35. The van der Waals surface area contributed by atoms with E-state index in [1.165, 1.54) is 6.26 Å². The van der Waals surface area contributed by atoms with Crippen LogP contribution in [0.5, 0.6) is 0 Å². The van der Waals surface area contributed by atoms with Gasteiger partial charge in [-0.25, -0.2) is 8.42 Å². The van der Waals surface area contributed by atoms with Crippen LogP contribution < -0.4 is 0 Å². The molecule has 14 heavy (non-hydrogen) atoms. The van der Waals surface area contributed by atoms with Gasteiger partial charge in [-0.2, -0.15) is 0 Å². The minimum Gasteiger partial charge on any atom is -0.229 e. The van der Waals surface area contributed by atoms with E-state index in [0.717, 1.165) is 0 Å². The molecule has 0 unspecified atom stereocenters. The summed E-state index contributed by atoms with van der Waals surface area (Å²) in [6.45, 7) is 9.64. The average Bonchev–Trinajstić information content (AvgIpc) is 1.80. The van der Waals surface area contributed by atoms with Gasteiger partial charge in [-0.1, -0.05) is 26.0 Å². The smallest absolute Gasteiger partial charge is 0.152 e. The zero-order valence-corrected chi connectivity index (χ0v) is 10.9. The van der Waals surface area contributed by atoms with Gasteiger partial charge in [-0.05, 0) is 32.6 Å². The summed E-state index contributed by atoms with van der Waals surface area (Å²) in [4.78, 5) is 0. The molecule has 0 rings (SSSR count). The summed E-state index contributed by atoms with van der Waals surface area (Å²) in [6, 6.07) is 0. The molecule has 0 radical (unpaired) electrons. The molecule has 84 valence electrons. The average molecular weight is 218 g/mol. The van der Waals surface area contributed by atoms with Gasteiger partial charge in [0.1, 0.15) is 0 Å². The molecule has 0 bridgehead atoms. The highest BCUT2D eigenvalue weighted by Crippen LogP contribution is 2.33. The van der Waals surface area contributed by atoms with Crippen molar-refractivity contribution in [3.63, 3.8) is 0 Å². The molecule has 0 aliphatic carbocycles. The zero-order chi connectivity index (χ0) is 11.6. The molecule has 3 heteroatoms. The third kappa shape index (κ3) is 3.82. The van der Waals surface area contributed by atoms with Crippen molar-refractivity contribution in [3.8, 4) is 0 Å². The third-order valence-electron chi connectivity index (χ3n) is 2.50. The Labute approximate surface area is 88.3 Å². The second kappa shape index (κ2) is 4.05. The van der Waals surface area contributed by atoms with Crippen molar-refractivity contribution in [3.05, 3.63) is 12.2 Å². The first-order valence-electron chi connectivity index (χ1n) is 4.85. The molecule has 0 amide bonds. The summed E-state index contributed by atoms with van der Waals surface area (Å²) >= 11 is 0. The maximum Gasteiger partial charge on any atom is 0.152 e. The molecule has 0 spiro atoms. The van der Waals surface area contributed by atoms with Gasteiger partial charge in [-0.15, -0.1) is 0 Å². The van der Waals surface area contributed by atoms with E-state index in [-0.39, 0.29) is 5.41 Å². The molecule has 0 fully saturated rings. The van der Waals surface area contributed by atoms with Gasteiger partial charge in [0, 0.05) is 6.26 Å². The van der Waals surface area contributed by atoms with Crippen molar-refractivity contribution in [2.75, 3.05) is 6.26 Å². The van der Waals surface area contributed by atoms with Crippen LogP contribution in [0.15, 0.2) is 12.2 Å². The highest BCUT2D eigenvalue weighted by molar-refractivity contribution is 7.92. The Bertz CT molecular complexity index is 308. The van der Waals surface area contributed by atoms with Crippen molar-refractivity contribution in [2.24, 2.45) is 5.41 Å². The van der Waals surface area contributed by atoms with E-state index in [2.05, 4.69) is 19.9 Å². The normalized spacial score (nSPS) is 15.0. The Hall–Kier alpha value is -0.310. The largest absolute Gasteiger partial charge is 0.229 e. The van der Waals surface area contributed by atoms with Crippen LogP contribution in [0.3, 0.4) is 0 Å². The lowest BCUT2D eigenvalue weighted by molar-refractivity contribution is 0.374. The van der Waals surface area contributed by atoms with Crippen molar-refractivity contribution in [2.45, 2.75) is 45.8 Å². The van der Waals surface area contributed by atoms with Crippen molar-refractivity contribution >= 4 is 9.84 Å². The van der Waals surface area contributed by atoms with Crippen LogP contribution in [0.4, 0.5) is 0 Å². The molecule has 0 saturated carbocycles. The summed E-state index contributed by atoms with van der Waals surface area (Å²) in [5.41, 5.74) is -0.0681. The Morgan fingerprint density at radius 2 is 1.57 bits per heavy atom. The Morgan fingerprint density at radius 1 is 1.14 bits per heavy atom. The standard InChI is InChI=1S/C11H22O2S/c1-7-8-10(2,3)9-11(4,5)14(6,12)13/h7-8H,9H2,1-6H3. The van der Waals surface area contributed by atoms with Crippen LogP contribution in [0.2, 0.25) is 0 Å². The monoisotopic (exact) mass is 218 g/mol. The fourth-order valence-corrected chi connectivity index (χ4v) is 2.37. The Balaban J connectivity index is 4.85. The molecule has 0 heterocycles. The Kier molecular flexibility index (Phi) is 3.96. The quantitative estimate of drug-likeness (QED) is 0.680. The molecular formula is C11H22O2S. The highest BCUT2D eigenvalue weighted by atomic mass is 32.2. The summed E-state index contributed by atoms with van der Waals surface area (Å²) in [5, 5.41) is 0. The first kappa shape index (κ1) is 13.7. The summed E-state index contributed by atoms with van der Waals surface area (Å²) in [5.74, 6) is 0. The molecule has 0 aromatic carbocycles. The van der Waals surface area contributed by atoms with Gasteiger partial charge < -0.3 is 0 Å². The number of allylic oxidation sites excluding steroid dienone is 2. The van der Waals surface area contributed by atoms with Gasteiger partial charge in [0.25, 0.3) is 0 Å². The van der Waals surface area contributed by atoms with Gasteiger partial charge in [0.05, 0.1) is 4.75 Å². The minimum absolute atomic E-state index is 0.0681. The van der Waals surface area contributed by atoms with E-state index in [0.29, 0.717) is 6.42 Å². The number of sulfone groups is 1. The van der Waals surface area contributed by atoms with E-state index in [1.54, 1.807) is 13.8 Å². The maximum atomic E-state index is 11.5. The predicted octanol–water partition coefficient (Wildman–Crippen LogP) is 2.80. The van der Waals surface area contributed by atoms with E-state index in [4.69, 9.17) is 0 Å². The molecule has 0 aromatic heterocycles. The van der Waals surface area contributed by atoms with Crippen LogP contribution in [0.25, 0.3) is 0 Å². The summed E-state index contributed by atoms with van der Waals surface area (Å²) < 4.78 is 22.4. The van der Waals surface area contributed by atoms with Crippen LogP contribution >= 0.6 is 0 Å². The van der Waals surface area contributed by atoms with Crippen molar-refractivity contribution in [1.82, 2.24) is 0 Å². The second-order valence-electron chi connectivity index (χ2n) is 5.20. The fraction of sp³-hybridized carbons (Fsp3) is 0.818. The molecule has 0 aliphatic rings. The summed E-state index contributed by atoms with van der Waals surface area (Å²) in [7, 11) is -2.99. The van der Waals surface area contributed by atoms with Gasteiger partial charge in [0.15, 0.2) is 9.84 Å². The minimum atomic E-state index is -2.99.